The van der Waals surface area contributed by atoms with Gasteiger partial charge in [0, 0.05) is 12.8 Å². The molecule has 0 aromatic rings. The molecule has 2 aliphatic rings. The van der Waals surface area contributed by atoms with Crippen LogP contribution < -0.4 is 0 Å². The summed E-state index contributed by atoms with van der Waals surface area (Å²) in [6.45, 7) is 1.51. The maximum absolute atomic E-state index is 11.4. The van der Waals surface area contributed by atoms with E-state index in [2.05, 4.69) is 0 Å². The van der Waals surface area contributed by atoms with Crippen LogP contribution in [0.2, 0.25) is 0 Å². The maximum atomic E-state index is 11.4. The Bertz CT molecular complexity index is 245. The van der Waals surface area contributed by atoms with Crippen molar-refractivity contribution in [3.8, 4) is 0 Å². The molecule has 0 unspecified atom stereocenters. The zero-order chi connectivity index (χ0) is 10.2. The topological polar surface area (TPSA) is 52.6 Å². The number of carbonyl (C=O) groups is 2. The van der Waals surface area contributed by atoms with E-state index in [-0.39, 0.29) is 0 Å². The summed E-state index contributed by atoms with van der Waals surface area (Å²) in [4.78, 5) is 22.7. The summed E-state index contributed by atoms with van der Waals surface area (Å²) in [6, 6.07) is 0. The van der Waals surface area contributed by atoms with E-state index >= 15 is 0 Å². The van der Waals surface area contributed by atoms with Gasteiger partial charge in [0.05, 0.1) is 0 Å². The van der Waals surface area contributed by atoms with Gasteiger partial charge in [-0.25, -0.2) is 0 Å². The average molecular weight is 198 g/mol. The largest absolute Gasteiger partial charge is 0.422 e. The van der Waals surface area contributed by atoms with Gasteiger partial charge in [0.1, 0.15) is 0 Å². The van der Waals surface area contributed by atoms with Gasteiger partial charge >= 0.3 is 11.9 Å². The van der Waals surface area contributed by atoms with Crippen LogP contribution in [-0.2, 0) is 19.1 Å². The van der Waals surface area contributed by atoms with E-state index in [0.29, 0.717) is 12.8 Å². The van der Waals surface area contributed by atoms with Gasteiger partial charge in [-0.05, 0) is 19.8 Å². The highest BCUT2D eigenvalue weighted by Gasteiger charge is 2.47. The van der Waals surface area contributed by atoms with Gasteiger partial charge in [-0.2, -0.15) is 0 Å². The van der Waals surface area contributed by atoms with Crippen molar-refractivity contribution < 1.29 is 19.1 Å². The standard InChI is InChI=1S/C10H14O4/c1-7-8(11)13-10(14-9(7)12)5-3-2-4-6-10/h7H,2-6H2,1H3. The molecule has 2 fully saturated rings. The van der Waals surface area contributed by atoms with Crippen molar-refractivity contribution in [2.24, 2.45) is 5.92 Å². The molecular weight excluding hydrogens is 184 g/mol. The molecule has 4 heteroatoms. The Balaban J connectivity index is 2.14. The molecule has 0 aromatic heterocycles. The van der Waals surface area contributed by atoms with Gasteiger partial charge in [-0.3, -0.25) is 9.59 Å². The molecule has 1 saturated carbocycles. The maximum Gasteiger partial charge on any atom is 0.323 e. The Labute approximate surface area is 82.6 Å². The Morgan fingerprint density at radius 3 is 2.07 bits per heavy atom. The van der Waals surface area contributed by atoms with Crippen LogP contribution in [0.25, 0.3) is 0 Å². The number of carbonyl (C=O) groups excluding carboxylic acids is 2. The third kappa shape index (κ3) is 1.49. The molecule has 14 heavy (non-hydrogen) atoms. The molecule has 0 amide bonds. The Morgan fingerprint density at radius 1 is 1.07 bits per heavy atom. The van der Waals surface area contributed by atoms with E-state index in [9.17, 15) is 9.59 Å². The van der Waals surface area contributed by atoms with E-state index in [0.717, 1.165) is 19.3 Å². The van der Waals surface area contributed by atoms with Crippen LogP contribution in [0.4, 0.5) is 0 Å². The van der Waals surface area contributed by atoms with Crippen LogP contribution in [0.15, 0.2) is 0 Å². The normalized spacial score (nSPS) is 27.2. The van der Waals surface area contributed by atoms with E-state index in [4.69, 9.17) is 9.47 Å². The fraction of sp³-hybridized carbons (Fsp3) is 0.800. The Hall–Kier alpha value is -1.06. The zero-order valence-electron chi connectivity index (χ0n) is 8.25. The second-order valence-corrected chi connectivity index (χ2v) is 4.04. The Kier molecular flexibility index (Phi) is 2.21. The molecule has 1 aliphatic heterocycles. The lowest BCUT2D eigenvalue weighted by Gasteiger charge is -2.39. The van der Waals surface area contributed by atoms with E-state index in [1.807, 2.05) is 0 Å². The highest BCUT2D eigenvalue weighted by molar-refractivity contribution is 5.96. The van der Waals surface area contributed by atoms with Gasteiger partial charge in [0.15, 0.2) is 5.92 Å². The van der Waals surface area contributed by atoms with E-state index in [1.54, 1.807) is 0 Å². The minimum Gasteiger partial charge on any atom is -0.422 e. The summed E-state index contributed by atoms with van der Waals surface area (Å²) < 4.78 is 10.4. The molecule has 1 spiro atoms. The average Bonchev–Trinajstić information content (AvgIpc) is 2.15. The third-order valence-electron chi connectivity index (χ3n) is 2.90. The first-order valence-electron chi connectivity index (χ1n) is 5.09. The molecule has 0 bridgehead atoms. The number of hydrogen-bond donors (Lipinski definition) is 0. The second-order valence-electron chi connectivity index (χ2n) is 4.04. The molecular formula is C10H14O4. The van der Waals surface area contributed by atoms with Crippen molar-refractivity contribution in [2.75, 3.05) is 0 Å². The molecule has 0 radical (unpaired) electrons. The van der Waals surface area contributed by atoms with Crippen LogP contribution in [0.1, 0.15) is 39.0 Å². The monoisotopic (exact) mass is 198 g/mol. The molecule has 0 N–H and O–H groups in total. The van der Waals surface area contributed by atoms with Gasteiger partial charge < -0.3 is 9.47 Å². The summed E-state index contributed by atoms with van der Waals surface area (Å²) in [7, 11) is 0. The lowest BCUT2D eigenvalue weighted by molar-refractivity contribution is -0.259. The summed E-state index contributed by atoms with van der Waals surface area (Å²) in [5, 5.41) is 0. The zero-order valence-corrected chi connectivity index (χ0v) is 8.25. The minimum absolute atomic E-state index is 0.442. The summed E-state index contributed by atoms with van der Waals surface area (Å²) in [5.41, 5.74) is 0. The van der Waals surface area contributed by atoms with Crippen LogP contribution >= 0.6 is 0 Å². The van der Waals surface area contributed by atoms with Gasteiger partial charge in [0.25, 0.3) is 5.79 Å². The lowest BCUT2D eigenvalue weighted by Crippen LogP contribution is -2.50. The first kappa shape index (κ1) is 9.49. The number of hydrogen-bond acceptors (Lipinski definition) is 4. The highest BCUT2D eigenvalue weighted by Crippen LogP contribution is 2.36. The molecule has 0 atom stereocenters. The fourth-order valence-corrected chi connectivity index (χ4v) is 1.96. The number of esters is 2. The first-order valence-corrected chi connectivity index (χ1v) is 5.09. The minimum atomic E-state index is -0.918. The van der Waals surface area contributed by atoms with Crippen molar-refractivity contribution in [3.63, 3.8) is 0 Å². The molecule has 1 saturated heterocycles. The van der Waals surface area contributed by atoms with Crippen LogP contribution in [0.3, 0.4) is 0 Å². The van der Waals surface area contributed by atoms with Gasteiger partial charge in [-0.1, -0.05) is 6.42 Å². The number of ether oxygens (including phenoxy) is 2. The van der Waals surface area contributed by atoms with E-state index < -0.39 is 23.6 Å². The van der Waals surface area contributed by atoms with Crippen molar-refractivity contribution >= 4 is 11.9 Å². The smallest absolute Gasteiger partial charge is 0.323 e. The predicted octanol–water partition coefficient (Wildman–Crippen LogP) is 1.38. The van der Waals surface area contributed by atoms with Crippen molar-refractivity contribution in [1.82, 2.24) is 0 Å². The van der Waals surface area contributed by atoms with Crippen LogP contribution in [0.5, 0.6) is 0 Å². The molecule has 2 rings (SSSR count). The predicted molar refractivity (Wildman–Crippen MR) is 47.2 cm³/mol. The molecule has 0 aromatic carbocycles. The van der Waals surface area contributed by atoms with Crippen LogP contribution in [-0.4, -0.2) is 17.7 Å². The van der Waals surface area contributed by atoms with Crippen molar-refractivity contribution in [1.29, 1.82) is 0 Å². The fourth-order valence-electron chi connectivity index (χ4n) is 1.96. The number of rotatable bonds is 0. The van der Waals surface area contributed by atoms with Crippen LogP contribution in [0, 0.1) is 5.92 Å². The van der Waals surface area contributed by atoms with E-state index in [1.165, 1.54) is 6.92 Å². The summed E-state index contributed by atoms with van der Waals surface area (Å²) >= 11 is 0. The molecule has 1 aliphatic carbocycles. The summed E-state index contributed by atoms with van der Waals surface area (Å²) in [6.07, 6.45) is 4.32. The first-order chi connectivity index (χ1) is 6.63. The molecule has 1 heterocycles. The third-order valence-corrected chi connectivity index (χ3v) is 2.90. The highest BCUT2D eigenvalue weighted by atomic mass is 16.7. The quantitative estimate of drug-likeness (QED) is 0.436. The molecule has 4 nitrogen and oxygen atoms in total. The van der Waals surface area contributed by atoms with Gasteiger partial charge in [0.2, 0.25) is 0 Å². The lowest BCUT2D eigenvalue weighted by atomic mass is 9.93. The molecule has 78 valence electrons. The second kappa shape index (κ2) is 3.26. The Morgan fingerprint density at radius 2 is 1.57 bits per heavy atom. The van der Waals surface area contributed by atoms with Crippen molar-refractivity contribution in [3.05, 3.63) is 0 Å². The summed E-state index contributed by atoms with van der Waals surface area (Å²) in [5.74, 6) is -2.56. The van der Waals surface area contributed by atoms with Crippen molar-refractivity contribution in [2.45, 2.75) is 44.8 Å². The van der Waals surface area contributed by atoms with Gasteiger partial charge in [-0.15, -0.1) is 0 Å². The SMILES string of the molecule is CC1C(=O)OC2(CCCCC2)OC1=O.